The summed E-state index contributed by atoms with van der Waals surface area (Å²) in [7, 11) is 0. The molecule has 9 aromatic carbocycles. The summed E-state index contributed by atoms with van der Waals surface area (Å²) in [5.41, 5.74) is 5.93. The van der Waals surface area contributed by atoms with E-state index in [-0.39, 0.29) is 0 Å². The van der Waals surface area contributed by atoms with Gasteiger partial charge in [0.05, 0.1) is 10.4 Å². The summed E-state index contributed by atoms with van der Waals surface area (Å²) in [5.74, 6) is 0. The average molecular weight is 628 g/mol. The molecule has 0 fully saturated rings. The Kier molecular flexibility index (Phi) is 6.12. The molecule has 48 heavy (non-hydrogen) atoms. The molecule has 1 aromatic heterocycles. The predicted molar refractivity (Wildman–Crippen MR) is 209 cm³/mol. The minimum absolute atomic E-state index is 1.13. The van der Waals surface area contributed by atoms with Crippen LogP contribution in [0.1, 0.15) is 0 Å². The number of hydrogen-bond acceptors (Lipinski definition) is 2. The van der Waals surface area contributed by atoms with Crippen molar-refractivity contribution >= 4 is 91.7 Å². The van der Waals surface area contributed by atoms with Gasteiger partial charge in [-0.2, -0.15) is 0 Å². The van der Waals surface area contributed by atoms with E-state index in [4.69, 9.17) is 0 Å². The third kappa shape index (κ3) is 4.17. The number of nitrogens with zero attached hydrogens (tertiary/aromatic N) is 1. The first-order chi connectivity index (χ1) is 23.8. The molecule has 0 unspecified atom stereocenters. The molecule has 0 radical (unpaired) electrons. The normalized spacial score (nSPS) is 11.8. The van der Waals surface area contributed by atoms with E-state index in [1.807, 2.05) is 11.3 Å². The molecule has 0 amide bonds. The SMILES string of the molecule is c1ccc2c(-c3ccc(N(c4ccc5c6ccccc6c6ccccc6c5c4)c4cccc5c4sc4ccccc45)cc3)cccc2c1. The van der Waals surface area contributed by atoms with Gasteiger partial charge in [-0.1, -0.05) is 140 Å². The van der Waals surface area contributed by atoms with Crippen molar-refractivity contribution in [3.05, 3.63) is 176 Å². The molecule has 0 saturated heterocycles. The van der Waals surface area contributed by atoms with Gasteiger partial charge in [0.2, 0.25) is 0 Å². The van der Waals surface area contributed by atoms with Crippen LogP contribution in [0.5, 0.6) is 0 Å². The van der Waals surface area contributed by atoms with Crippen LogP contribution in [-0.4, -0.2) is 0 Å². The lowest BCUT2D eigenvalue weighted by Gasteiger charge is -2.27. The number of hydrogen-bond donors (Lipinski definition) is 0. The Balaban J connectivity index is 1.22. The van der Waals surface area contributed by atoms with Crippen molar-refractivity contribution in [3.63, 3.8) is 0 Å². The molecule has 0 saturated carbocycles. The molecule has 0 spiro atoms. The largest absolute Gasteiger partial charge is 0.309 e. The molecule has 0 aliphatic rings. The first-order valence-corrected chi connectivity index (χ1v) is 17.3. The molecule has 10 aromatic rings. The van der Waals surface area contributed by atoms with E-state index in [1.165, 1.54) is 80.1 Å². The summed E-state index contributed by atoms with van der Waals surface area (Å²) in [6.45, 7) is 0. The highest BCUT2D eigenvalue weighted by molar-refractivity contribution is 7.26. The zero-order valence-electron chi connectivity index (χ0n) is 26.1. The highest BCUT2D eigenvalue weighted by Crippen LogP contribution is 2.46. The highest BCUT2D eigenvalue weighted by Gasteiger charge is 2.20. The Hall–Kier alpha value is -5.96. The molecule has 0 bridgehead atoms. The predicted octanol–water partition coefficient (Wildman–Crippen LogP) is 13.8. The van der Waals surface area contributed by atoms with Crippen LogP contribution in [0.25, 0.3) is 74.4 Å². The number of thiophene rings is 1. The Bertz CT molecular complexity index is 2800. The zero-order chi connectivity index (χ0) is 31.6. The summed E-state index contributed by atoms with van der Waals surface area (Å²) in [6, 6.07) is 64.5. The molecule has 1 nitrogen and oxygen atoms in total. The average Bonchev–Trinajstić information content (AvgIpc) is 3.55. The lowest BCUT2D eigenvalue weighted by molar-refractivity contribution is 1.31. The minimum Gasteiger partial charge on any atom is -0.309 e. The van der Waals surface area contributed by atoms with Crippen LogP contribution in [-0.2, 0) is 0 Å². The highest BCUT2D eigenvalue weighted by atomic mass is 32.1. The molecule has 10 rings (SSSR count). The molecule has 0 aliphatic carbocycles. The lowest BCUT2D eigenvalue weighted by atomic mass is 9.94. The lowest BCUT2D eigenvalue weighted by Crippen LogP contribution is -2.10. The van der Waals surface area contributed by atoms with Crippen molar-refractivity contribution in [2.45, 2.75) is 0 Å². The first kappa shape index (κ1) is 27.2. The van der Waals surface area contributed by atoms with Crippen molar-refractivity contribution in [3.8, 4) is 11.1 Å². The van der Waals surface area contributed by atoms with Crippen LogP contribution in [0.3, 0.4) is 0 Å². The number of benzene rings is 9. The van der Waals surface area contributed by atoms with Gasteiger partial charge in [-0.3, -0.25) is 0 Å². The first-order valence-electron chi connectivity index (χ1n) is 16.4. The second kappa shape index (κ2) is 10.8. The molecular formula is C46H29NS. The number of anilines is 3. The van der Waals surface area contributed by atoms with Crippen LogP contribution in [0, 0.1) is 0 Å². The van der Waals surface area contributed by atoms with Crippen LogP contribution in [0.15, 0.2) is 176 Å². The van der Waals surface area contributed by atoms with E-state index >= 15 is 0 Å². The van der Waals surface area contributed by atoms with Gasteiger partial charge >= 0.3 is 0 Å². The van der Waals surface area contributed by atoms with Crippen molar-refractivity contribution in [1.29, 1.82) is 0 Å². The van der Waals surface area contributed by atoms with Crippen LogP contribution >= 0.6 is 11.3 Å². The van der Waals surface area contributed by atoms with Crippen LogP contribution in [0.2, 0.25) is 0 Å². The summed E-state index contributed by atoms with van der Waals surface area (Å²) < 4.78 is 2.60. The quantitative estimate of drug-likeness (QED) is 0.176. The van der Waals surface area contributed by atoms with Crippen LogP contribution in [0.4, 0.5) is 17.1 Å². The third-order valence-electron chi connectivity index (χ3n) is 9.84. The smallest absolute Gasteiger partial charge is 0.0640 e. The van der Waals surface area contributed by atoms with E-state index in [1.54, 1.807) is 0 Å². The summed E-state index contributed by atoms with van der Waals surface area (Å²) >= 11 is 1.87. The topological polar surface area (TPSA) is 3.24 Å². The van der Waals surface area contributed by atoms with Gasteiger partial charge < -0.3 is 4.90 Å². The van der Waals surface area contributed by atoms with Crippen molar-refractivity contribution < 1.29 is 0 Å². The van der Waals surface area contributed by atoms with Gasteiger partial charge in [0, 0.05) is 26.8 Å². The molecule has 1 heterocycles. The molecule has 224 valence electrons. The molecular weight excluding hydrogens is 599 g/mol. The molecule has 2 heteroatoms. The number of rotatable bonds is 4. The number of fused-ring (bicyclic) bond motifs is 10. The van der Waals surface area contributed by atoms with E-state index in [9.17, 15) is 0 Å². The van der Waals surface area contributed by atoms with Crippen molar-refractivity contribution in [1.82, 2.24) is 0 Å². The Morgan fingerprint density at radius 1 is 0.354 bits per heavy atom. The standard InChI is InChI=1S/C46H29NS/c1-2-13-34-30(11-1)12-9-19-35(34)31-23-25-32(26-24-31)47(44-21-10-20-42-41-18-7-8-22-45(41)48-46(42)44)33-27-28-40-38-16-4-3-14-36(38)37-15-5-6-17-39(37)43(40)29-33/h1-29H. The van der Waals surface area contributed by atoms with E-state index in [2.05, 4.69) is 181 Å². The Labute approximate surface area is 282 Å². The zero-order valence-corrected chi connectivity index (χ0v) is 26.9. The van der Waals surface area contributed by atoms with E-state index in [0.29, 0.717) is 0 Å². The summed E-state index contributed by atoms with van der Waals surface area (Å²) in [5, 5.41) is 12.8. The summed E-state index contributed by atoms with van der Waals surface area (Å²) in [4.78, 5) is 2.45. The maximum absolute atomic E-state index is 2.45. The van der Waals surface area contributed by atoms with Gasteiger partial charge in [-0.25, -0.2) is 0 Å². The van der Waals surface area contributed by atoms with Crippen molar-refractivity contribution in [2.24, 2.45) is 0 Å². The third-order valence-corrected chi connectivity index (χ3v) is 11.0. The molecule has 0 N–H and O–H groups in total. The maximum Gasteiger partial charge on any atom is 0.0640 e. The van der Waals surface area contributed by atoms with Gasteiger partial charge in [0.15, 0.2) is 0 Å². The summed E-state index contributed by atoms with van der Waals surface area (Å²) in [6.07, 6.45) is 0. The fraction of sp³-hybridized carbons (Fsp3) is 0. The van der Waals surface area contributed by atoms with Gasteiger partial charge in [-0.05, 0) is 90.6 Å². The Morgan fingerprint density at radius 3 is 1.65 bits per heavy atom. The van der Waals surface area contributed by atoms with Gasteiger partial charge in [0.25, 0.3) is 0 Å². The fourth-order valence-electron chi connectivity index (χ4n) is 7.64. The molecule has 0 atom stereocenters. The monoisotopic (exact) mass is 627 g/mol. The molecule has 0 aliphatic heterocycles. The second-order valence-corrected chi connectivity index (χ2v) is 13.5. The van der Waals surface area contributed by atoms with Gasteiger partial charge in [-0.15, -0.1) is 11.3 Å². The van der Waals surface area contributed by atoms with E-state index < -0.39 is 0 Å². The van der Waals surface area contributed by atoms with Crippen molar-refractivity contribution in [2.75, 3.05) is 4.90 Å². The van der Waals surface area contributed by atoms with E-state index in [0.717, 1.165) is 11.4 Å². The second-order valence-electron chi connectivity index (χ2n) is 12.5. The maximum atomic E-state index is 2.45. The minimum atomic E-state index is 1.13. The van der Waals surface area contributed by atoms with Gasteiger partial charge in [0.1, 0.15) is 0 Å². The van der Waals surface area contributed by atoms with Crippen LogP contribution < -0.4 is 4.90 Å². The fourth-order valence-corrected chi connectivity index (χ4v) is 8.84. The Morgan fingerprint density at radius 2 is 0.896 bits per heavy atom.